The molecule has 2 N–H and O–H groups in total. The summed E-state index contributed by atoms with van der Waals surface area (Å²) in [6.45, 7) is 4.72. The SMILES string of the molecule is CCOc1ccc(CN2CCCc3c(N)cccc32)cc1. The van der Waals surface area contributed by atoms with Gasteiger partial charge in [0.15, 0.2) is 0 Å². The van der Waals surface area contributed by atoms with Gasteiger partial charge in [-0.1, -0.05) is 18.2 Å². The van der Waals surface area contributed by atoms with Crippen LogP contribution in [0.5, 0.6) is 5.75 Å². The molecule has 0 aromatic heterocycles. The Labute approximate surface area is 126 Å². The van der Waals surface area contributed by atoms with Gasteiger partial charge in [0.2, 0.25) is 0 Å². The Morgan fingerprint density at radius 1 is 1.14 bits per heavy atom. The van der Waals surface area contributed by atoms with Gasteiger partial charge in [0.25, 0.3) is 0 Å². The lowest BCUT2D eigenvalue weighted by atomic mass is 9.99. The monoisotopic (exact) mass is 282 g/mol. The van der Waals surface area contributed by atoms with Crippen LogP contribution in [0.15, 0.2) is 42.5 Å². The van der Waals surface area contributed by atoms with Crippen molar-refractivity contribution in [1.29, 1.82) is 0 Å². The minimum Gasteiger partial charge on any atom is -0.494 e. The average molecular weight is 282 g/mol. The smallest absolute Gasteiger partial charge is 0.119 e. The van der Waals surface area contributed by atoms with Crippen LogP contribution >= 0.6 is 0 Å². The third-order valence-electron chi connectivity index (χ3n) is 3.99. The van der Waals surface area contributed by atoms with Gasteiger partial charge < -0.3 is 15.4 Å². The number of nitrogens with two attached hydrogens (primary N) is 1. The predicted molar refractivity (Wildman–Crippen MR) is 87.8 cm³/mol. The molecule has 0 spiro atoms. The lowest BCUT2D eigenvalue weighted by Crippen LogP contribution is -2.29. The molecular formula is C18H22N2O. The van der Waals surface area contributed by atoms with Crippen molar-refractivity contribution < 1.29 is 4.74 Å². The van der Waals surface area contributed by atoms with Gasteiger partial charge in [-0.05, 0) is 55.2 Å². The minimum atomic E-state index is 0.706. The molecule has 1 aliphatic heterocycles. The van der Waals surface area contributed by atoms with Gasteiger partial charge in [0, 0.05) is 24.5 Å². The van der Waals surface area contributed by atoms with Crippen molar-refractivity contribution in [3.05, 3.63) is 53.6 Å². The van der Waals surface area contributed by atoms with E-state index in [1.807, 2.05) is 31.2 Å². The highest BCUT2D eigenvalue weighted by molar-refractivity contribution is 5.66. The lowest BCUT2D eigenvalue weighted by Gasteiger charge is -2.32. The van der Waals surface area contributed by atoms with Crippen LogP contribution in [0.1, 0.15) is 24.5 Å². The lowest BCUT2D eigenvalue weighted by molar-refractivity contribution is 0.340. The van der Waals surface area contributed by atoms with Crippen LogP contribution < -0.4 is 15.4 Å². The normalized spacial score (nSPS) is 13.9. The van der Waals surface area contributed by atoms with Crippen LogP contribution in [0.25, 0.3) is 0 Å². The summed E-state index contributed by atoms with van der Waals surface area (Å²) in [5, 5.41) is 0. The zero-order chi connectivity index (χ0) is 14.7. The summed E-state index contributed by atoms with van der Waals surface area (Å²) < 4.78 is 5.49. The molecule has 0 radical (unpaired) electrons. The van der Waals surface area contributed by atoms with Crippen LogP contribution in [0, 0.1) is 0 Å². The first-order valence-electron chi connectivity index (χ1n) is 7.62. The summed E-state index contributed by atoms with van der Waals surface area (Å²) in [4.78, 5) is 2.42. The van der Waals surface area contributed by atoms with Crippen molar-refractivity contribution in [2.45, 2.75) is 26.3 Å². The second-order valence-electron chi connectivity index (χ2n) is 5.45. The third-order valence-corrected chi connectivity index (χ3v) is 3.99. The van der Waals surface area contributed by atoms with E-state index in [1.54, 1.807) is 0 Å². The molecule has 2 aromatic rings. The molecule has 3 nitrogen and oxygen atoms in total. The van der Waals surface area contributed by atoms with E-state index in [9.17, 15) is 0 Å². The van der Waals surface area contributed by atoms with Gasteiger partial charge in [0.1, 0.15) is 5.75 Å². The number of hydrogen-bond donors (Lipinski definition) is 1. The fourth-order valence-electron chi connectivity index (χ4n) is 2.97. The molecule has 0 amide bonds. The van der Waals surface area contributed by atoms with Crippen LogP contribution in [-0.2, 0) is 13.0 Å². The van der Waals surface area contributed by atoms with Gasteiger partial charge in [-0.2, -0.15) is 0 Å². The van der Waals surface area contributed by atoms with Gasteiger partial charge in [-0.25, -0.2) is 0 Å². The molecular weight excluding hydrogens is 260 g/mol. The molecule has 0 saturated heterocycles. The summed E-state index contributed by atoms with van der Waals surface area (Å²) in [7, 11) is 0. The molecule has 21 heavy (non-hydrogen) atoms. The van der Waals surface area contributed by atoms with E-state index in [0.717, 1.165) is 37.4 Å². The van der Waals surface area contributed by atoms with Crippen molar-refractivity contribution in [3.63, 3.8) is 0 Å². The Morgan fingerprint density at radius 3 is 2.71 bits per heavy atom. The first-order chi connectivity index (χ1) is 10.3. The number of nitrogens with zero attached hydrogens (tertiary/aromatic N) is 1. The molecule has 0 atom stereocenters. The standard InChI is InChI=1S/C18H22N2O/c1-2-21-15-10-8-14(9-11-15)13-20-12-4-5-16-17(19)6-3-7-18(16)20/h3,6-11H,2,4-5,12-13,19H2,1H3. The number of ether oxygens (including phenoxy) is 1. The number of hydrogen-bond acceptors (Lipinski definition) is 3. The van der Waals surface area contributed by atoms with Crippen molar-refractivity contribution in [2.24, 2.45) is 0 Å². The quantitative estimate of drug-likeness (QED) is 0.870. The second kappa shape index (κ2) is 6.08. The number of fused-ring (bicyclic) bond motifs is 1. The number of nitrogen functional groups attached to an aromatic ring is 1. The van der Waals surface area contributed by atoms with E-state index < -0.39 is 0 Å². The predicted octanol–water partition coefficient (Wildman–Crippen LogP) is 3.62. The van der Waals surface area contributed by atoms with Crippen molar-refractivity contribution in [1.82, 2.24) is 0 Å². The Hall–Kier alpha value is -2.16. The van der Waals surface area contributed by atoms with Crippen molar-refractivity contribution >= 4 is 11.4 Å². The highest BCUT2D eigenvalue weighted by Crippen LogP contribution is 2.32. The van der Waals surface area contributed by atoms with Crippen LogP contribution in [0.3, 0.4) is 0 Å². The Bertz CT molecular complexity index is 607. The van der Waals surface area contributed by atoms with Gasteiger partial charge in [-0.15, -0.1) is 0 Å². The van der Waals surface area contributed by atoms with Crippen molar-refractivity contribution in [3.8, 4) is 5.75 Å². The number of anilines is 2. The Balaban J connectivity index is 1.78. The molecule has 1 heterocycles. The molecule has 0 fully saturated rings. The summed E-state index contributed by atoms with van der Waals surface area (Å²) in [5.41, 5.74) is 10.9. The summed E-state index contributed by atoms with van der Waals surface area (Å²) >= 11 is 0. The van der Waals surface area contributed by atoms with E-state index in [4.69, 9.17) is 10.5 Å². The topological polar surface area (TPSA) is 38.5 Å². The zero-order valence-electron chi connectivity index (χ0n) is 12.5. The molecule has 2 aromatic carbocycles. The first kappa shape index (κ1) is 13.8. The molecule has 0 bridgehead atoms. The summed E-state index contributed by atoms with van der Waals surface area (Å²) in [6.07, 6.45) is 2.25. The first-order valence-corrected chi connectivity index (χ1v) is 7.62. The average Bonchev–Trinajstić information content (AvgIpc) is 2.51. The third kappa shape index (κ3) is 2.97. The molecule has 0 aliphatic carbocycles. The van der Waals surface area contributed by atoms with Gasteiger partial charge in [-0.3, -0.25) is 0 Å². The van der Waals surface area contributed by atoms with Crippen molar-refractivity contribution in [2.75, 3.05) is 23.8 Å². The van der Waals surface area contributed by atoms with E-state index >= 15 is 0 Å². The second-order valence-corrected chi connectivity index (χ2v) is 5.45. The van der Waals surface area contributed by atoms with E-state index in [2.05, 4.69) is 23.1 Å². The largest absolute Gasteiger partial charge is 0.494 e. The number of rotatable bonds is 4. The van der Waals surface area contributed by atoms with E-state index in [0.29, 0.717) is 6.61 Å². The van der Waals surface area contributed by atoms with Crippen LogP contribution in [0.2, 0.25) is 0 Å². The van der Waals surface area contributed by atoms with Crippen LogP contribution in [-0.4, -0.2) is 13.2 Å². The summed E-state index contributed by atoms with van der Waals surface area (Å²) in [5.74, 6) is 0.935. The highest BCUT2D eigenvalue weighted by Gasteiger charge is 2.18. The van der Waals surface area contributed by atoms with E-state index in [1.165, 1.54) is 16.8 Å². The maximum atomic E-state index is 6.11. The fourth-order valence-corrected chi connectivity index (χ4v) is 2.97. The Kier molecular flexibility index (Phi) is 4.00. The molecule has 3 heteroatoms. The molecule has 1 aliphatic rings. The number of benzene rings is 2. The van der Waals surface area contributed by atoms with Crippen LogP contribution in [0.4, 0.5) is 11.4 Å². The van der Waals surface area contributed by atoms with Gasteiger partial charge in [0.05, 0.1) is 6.61 Å². The Morgan fingerprint density at radius 2 is 1.95 bits per heavy atom. The highest BCUT2D eigenvalue weighted by atomic mass is 16.5. The maximum absolute atomic E-state index is 6.11. The fraction of sp³-hybridized carbons (Fsp3) is 0.333. The molecule has 0 unspecified atom stereocenters. The molecule has 0 saturated carbocycles. The maximum Gasteiger partial charge on any atom is 0.119 e. The zero-order valence-corrected chi connectivity index (χ0v) is 12.5. The van der Waals surface area contributed by atoms with Gasteiger partial charge >= 0.3 is 0 Å². The minimum absolute atomic E-state index is 0.706. The summed E-state index contributed by atoms with van der Waals surface area (Å²) in [6, 6.07) is 14.6. The van der Waals surface area contributed by atoms with E-state index in [-0.39, 0.29) is 0 Å². The molecule has 110 valence electrons. The molecule has 3 rings (SSSR count).